The average molecular weight is 316 g/mol. The minimum atomic E-state index is 0.104. The van der Waals surface area contributed by atoms with Gasteiger partial charge in [0.2, 0.25) is 0 Å². The molecule has 0 saturated heterocycles. The second-order valence-electron chi connectivity index (χ2n) is 5.42. The summed E-state index contributed by atoms with van der Waals surface area (Å²) < 4.78 is 1.16. The van der Waals surface area contributed by atoms with Crippen LogP contribution in [0.5, 0.6) is 0 Å². The summed E-state index contributed by atoms with van der Waals surface area (Å²) in [7, 11) is 0. The summed E-state index contributed by atoms with van der Waals surface area (Å²) in [6.07, 6.45) is 2.20. The van der Waals surface area contributed by atoms with E-state index < -0.39 is 0 Å². The Morgan fingerprint density at radius 3 is 2.79 bits per heavy atom. The van der Waals surface area contributed by atoms with E-state index in [0.717, 1.165) is 10.9 Å². The van der Waals surface area contributed by atoms with E-state index in [4.69, 9.17) is 5.73 Å². The Balaban J connectivity index is 1.77. The molecule has 19 heavy (non-hydrogen) atoms. The fraction of sp³-hybridized carbons (Fsp3) is 0.294. The fourth-order valence-electron chi connectivity index (χ4n) is 2.96. The molecular weight excluding hydrogens is 298 g/mol. The second-order valence-corrected chi connectivity index (χ2v) is 6.21. The van der Waals surface area contributed by atoms with E-state index in [-0.39, 0.29) is 6.04 Å². The largest absolute Gasteiger partial charge is 0.324 e. The van der Waals surface area contributed by atoms with Gasteiger partial charge in [-0.3, -0.25) is 0 Å². The topological polar surface area (TPSA) is 26.0 Å². The van der Waals surface area contributed by atoms with Gasteiger partial charge in [0.25, 0.3) is 0 Å². The lowest BCUT2D eigenvalue weighted by Gasteiger charge is -2.32. The van der Waals surface area contributed by atoms with Crippen molar-refractivity contribution in [2.45, 2.75) is 31.7 Å². The smallest absolute Gasteiger partial charge is 0.0312 e. The van der Waals surface area contributed by atoms with Gasteiger partial charge in [0.1, 0.15) is 0 Å². The van der Waals surface area contributed by atoms with Crippen molar-refractivity contribution in [3.8, 4) is 0 Å². The number of nitrogens with two attached hydrogens (primary N) is 1. The van der Waals surface area contributed by atoms with Crippen LogP contribution < -0.4 is 5.73 Å². The van der Waals surface area contributed by atoms with Gasteiger partial charge in [0.15, 0.2) is 0 Å². The highest BCUT2D eigenvalue weighted by molar-refractivity contribution is 9.10. The van der Waals surface area contributed by atoms with Crippen LogP contribution in [-0.4, -0.2) is 0 Å². The molecule has 2 unspecified atom stereocenters. The SMILES string of the molecule is Cc1cccc(C(N)CC2Cc3ccccc32)c1Br. The Morgan fingerprint density at radius 1 is 1.21 bits per heavy atom. The van der Waals surface area contributed by atoms with E-state index in [1.54, 1.807) is 0 Å². The predicted octanol–water partition coefficient (Wildman–Crippen LogP) is 4.49. The lowest BCUT2D eigenvalue weighted by molar-refractivity contribution is 0.497. The van der Waals surface area contributed by atoms with Crippen molar-refractivity contribution >= 4 is 15.9 Å². The zero-order valence-electron chi connectivity index (χ0n) is 11.1. The maximum atomic E-state index is 6.40. The van der Waals surface area contributed by atoms with Gasteiger partial charge in [-0.2, -0.15) is 0 Å². The lowest BCUT2D eigenvalue weighted by Crippen LogP contribution is -2.23. The number of rotatable bonds is 3. The van der Waals surface area contributed by atoms with Crippen LogP contribution in [0.15, 0.2) is 46.9 Å². The third kappa shape index (κ3) is 2.35. The second kappa shape index (κ2) is 5.10. The van der Waals surface area contributed by atoms with Crippen LogP contribution in [0.4, 0.5) is 0 Å². The summed E-state index contributed by atoms with van der Waals surface area (Å²) >= 11 is 3.66. The average Bonchev–Trinajstić information content (AvgIpc) is 2.39. The molecule has 0 bridgehead atoms. The zero-order valence-corrected chi connectivity index (χ0v) is 12.7. The molecule has 1 aliphatic carbocycles. The molecule has 1 aliphatic rings. The first-order chi connectivity index (χ1) is 9.16. The van der Waals surface area contributed by atoms with Gasteiger partial charge >= 0.3 is 0 Å². The summed E-state index contributed by atoms with van der Waals surface area (Å²) in [6.45, 7) is 2.11. The predicted molar refractivity (Wildman–Crippen MR) is 83.3 cm³/mol. The van der Waals surface area contributed by atoms with E-state index in [1.807, 2.05) is 0 Å². The molecule has 0 aromatic heterocycles. The van der Waals surface area contributed by atoms with E-state index in [1.165, 1.54) is 28.7 Å². The molecule has 2 aromatic rings. The van der Waals surface area contributed by atoms with Gasteiger partial charge < -0.3 is 5.73 Å². The van der Waals surface area contributed by atoms with Gasteiger partial charge in [-0.25, -0.2) is 0 Å². The highest BCUT2D eigenvalue weighted by Crippen LogP contribution is 2.41. The van der Waals surface area contributed by atoms with Crippen molar-refractivity contribution in [1.82, 2.24) is 0 Å². The van der Waals surface area contributed by atoms with Gasteiger partial charge in [0.05, 0.1) is 0 Å². The molecule has 0 fully saturated rings. The van der Waals surface area contributed by atoms with Gasteiger partial charge in [-0.05, 0) is 47.9 Å². The van der Waals surface area contributed by atoms with E-state index >= 15 is 0 Å². The van der Waals surface area contributed by atoms with Crippen molar-refractivity contribution in [3.05, 3.63) is 69.2 Å². The maximum Gasteiger partial charge on any atom is 0.0312 e. The van der Waals surface area contributed by atoms with Gasteiger partial charge in [-0.15, -0.1) is 0 Å². The number of hydrogen-bond donors (Lipinski definition) is 1. The number of benzene rings is 2. The number of halogens is 1. The van der Waals surface area contributed by atoms with E-state index in [9.17, 15) is 0 Å². The normalized spacial score (nSPS) is 18.6. The van der Waals surface area contributed by atoms with Crippen LogP contribution in [0.1, 0.15) is 40.6 Å². The highest BCUT2D eigenvalue weighted by Gasteiger charge is 2.27. The highest BCUT2D eigenvalue weighted by atomic mass is 79.9. The molecule has 1 nitrogen and oxygen atoms in total. The molecule has 0 amide bonds. The monoisotopic (exact) mass is 315 g/mol. The van der Waals surface area contributed by atoms with Crippen LogP contribution in [0.2, 0.25) is 0 Å². The molecule has 2 atom stereocenters. The first-order valence-electron chi connectivity index (χ1n) is 6.75. The van der Waals surface area contributed by atoms with Crippen molar-refractivity contribution in [3.63, 3.8) is 0 Å². The molecule has 2 heteroatoms. The quantitative estimate of drug-likeness (QED) is 0.887. The van der Waals surface area contributed by atoms with Crippen LogP contribution in [0.25, 0.3) is 0 Å². The Hall–Kier alpha value is -1.12. The third-order valence-corrected chi connectivity index (χ3v) is 5.20. The molecule has 0 radical (unpaired) electrons. The van der Waals surface area contributed by atoms with Crippen LogP contribution in [-0.2, 0) is 6.42 Å². The van der Waals surface area contributed by atoms with Crippen LogP contribution >= 0.6 is 15.9 Å². The van der Waals surface area contributed by atoms with Gasteiger partial charge in [-0.1, -0.05) is 58.4 Å². The molecule has 2 N–H and O–H groups in total. The number of hydrogen-bond acceptors (Lipinski definition) is 1. The summed E-state index contributed by atoms with van der Waals surface area (Å²) in [5, 5.41) is 0. The third-order valence-electron chi connectivity index (χ3n) is 4.12. The van der Waals surface area contributed by atoms with E-state index in [2.05, 4.69) is 65.3 Å². The van der Waals surface area contributed by atoms with Crippen molar-refractivity contribution in [1.29, 1.82) is 0 Å². The van der Waals surface area contributed by atoms with Crippen LogP contribution in [0.3, 0.4) is 0 Å². The molecule has 98 valence electrons. The molecule has 0 aliphatic heterocycles. The van der Waals surface area contributed by atoms with Crippen LogP contribution in [0, 0.1) is 6.92 Å². The molecule has 2 aromatic carbocycles. The summed E-state index contributed by atoms with van der Waals surface area (Å²) in [4.78, 5) is 0. The van der Waals surface area contributed by atoms with E-state index in [0.29, 0.717) is 5.92 Å². The Morgan fingerprint density at radius 2 is 2.00 bits per heavy atom. The van der Waals surface area contributed by atoms with Crippen molar-refractivity contribution in [2.24, 2.45) is 5.73 Å². The number of aryl methyl sites for hydroxylation is 1. The maximum absolute atomic E-state index is 6.40. The Kier molecular flexibility index (Phi) is 3.46. The molecule has 3 rings (SSSR count). The first-order valence-corrected chi connectivity index (χ1v) is 7.54. The van der Waals surface area contributed by atoms with Crippen molar-refractivity contribution in [2.75, 3.05) is 0 Å². The summed E-state index contributed by atoms with van der Waals surface area (Å²) in [5.41, 5.74) is 11.9. The molecule has 0 saturated carbocycles. The summed E-state index contributed by atoms with van der Waals surface area (Å²) in [6, 6.07) is 15.1. The lowest BCUT2D eigenvalue weighted by atomic mass is 9.74. The molecular formula is C17H18BrN. The minimum Gasteiger partial charge on any atom is -0.324 e. The first kappa shape index (κ1) is 12.9. The molecule has 0 heterocycles. The van der Waals surface area contributed by atoms with Gasteiger partial charge in [0, 0.05) is 10.5 Å². The molecule has 0 spiro atoms. The fourth-order valence-corrected chi connectivity index (χ4v) is 3.52. The zero-order chi connectivity index (χ0) is 13.4. The summed E-state index contributed by atoms with van der Waals surface area (Å²) in [5.74, 6) is 0.624. The minimum absolute atomic E-state index is 0.104. The standard InChI is InChI=1S/C17H18BrN/c1-11-5-4-8-15(17(11)18)16(19)10-13-9-12-6-2-3-7-14(12)13/h2-8,13,16H,9-10,19H2,1H3. The Bertz CT molecular complexity index is 606. The van der Waals surface area contributed by atoms with Crippen molar-refractivity contribution < 1.29 is 0 Å². The number of fused-ring (bicyclic) bond motifs is 1. The Labute approximate surface area is 123 Å².